The lowest BCUT2D eigenvalue weighted by Crippen LogP contribution is -2.16. The second-order valence-corrected chi connectivity index (χ2v) is 4.15. The minimum absolute atomic E-state index is 0.0362. The Morgan fingerprint density at radius 2 is 2.05 bits per heavy atom. The average Bonchev–Trinajstić information content (AvgIpc) is 3.02. The van der Waals surface area contributed by atoms with Crippen molar-refractivity contribution in [1.29, 1.82) is 0 Å². The molecule has 21 heavy (non-hydrogen) atoms. The van der Waals surface area contributed by atoms with Crippen molar-refractivity contribution >= 4 is 11.6 Å². The van der Waals surface area contributed by atoms with E-state index in [0.717, 1.165) is 0 Å². The first-order valence-corrected chi connectivity index (χ1v) is 6.11. The second kappa shape index (κ2) is 5.49. The normalized spacial score (nSPS) is 10.3. The summed E-state index contributed by atoms with van der Waals surface area (Å²) in [6.45, 7) is 0. The number of carbonyl (C=O) groups is 1. The number of nitrogens with zero attached hydrogens (tertiary/aromatic N) is 4. The molecule has 1 N–H and O–H groups in total. The summed E-state index contributed by atoms with van der Waals surface area (Å²) in [5, 5.41) is 6.59. The van der Waals surface area contributed by atoms with Gasteiger partial charge in [0.15, 0.2) is 5.82 Å². The monoisotopic (exact) mass is 283 g/mol. The Hall–Kier alpha value is -3.09. The zero-order chi connectivity index (χ0) is 14.7. The molecule has 0 saturated carbocycles. The van der Waals surface area contributed by atoms with Crippen molar-refractivity contribution < 1.29 is 9.18 Å². The zero-order valence-corrected chi connectivity index (χ0v) is 10.8. The van der Waals surface area contributed by atoms with Gasteiger partial charge in [0.05, 0.1) is 11.3 Å². The SMILES string of the molecule is O=C(Nc1cccnc1-n1cncn1)c1ccccc1F. The van der Waals surface area contributed by atoms with Crippen LogP contribution < -0.4 is 5.32 Å². The summed E-state index contributed by atoms with van der Waals surface area (Å²) in [6.07, 6.45) is 4.38. The number of anilines is 1. The largest absolute Gasteiger partial charge is 0.319 e. The van der Waals surface area contributed by atoms with Crippen LogP contribution in [0.3, 0.4) is 0 Å². The number of nitrogens with one attached hydrogen (secondary N) is 1. The molecule has 0 aliphatic rings. The predicted molar refractivity (Wildman–Crippen MR) is 73.5 cm³/mol. The van der Waals surface area contributed by atoms with Gasteiger partial charge < -0.3 is 5.32 Å². The number of halogens is 1. The third kappa shape index (κ3) is 2.62. The molecule has 7 heteroatoms. The van der Waals surface area contributed by atoms with Crippen molar-refractivity contribution in [3.8, 4) is 5.82 Å². The van der Waals surface area contributed by atoms with Crippen LogP contribution in [0.15, 0.2) is 55.2 Å². The van der Waals surface area contributed by atoms with E-state index in [9.17, 15) is 9.18 Å². The van der Waals surface area contributed by atoms with Crippen molar-refractivity contribution in [1.82, 2.24) is 19.7 Å². The highest BCUT2D eigenvalue weighted by atomic mass is 19.1. The number of hydrogen-bond donors (Lipinski definition) is 1. The Kier molecular flexibility index (Phi) is 3.38. The molecule has 0 unspecified atom stereocenters. The maximum absolute atomic E-state index is 13.6. The second-order valence-electron chi connectivity index (χ2n) is 4.15. The lowest BCUT2D eigenvalue weighted by atomic mass is 10.2. The van der Waals surface area contributed by atoms with Gasteiger partial charge in [-0.15, -0.1) is 0 Å². The lowest BCUT2D eigenvalue weighted by Gasteiger charge is -2.09. The molecule has 0 saturated heterocycles. The van der Waals surface area contributed by atoms with E-state index in [0.29, 0.717) is 11.5 Å². The molecule has 3 rings (SSSR count). The maximum Gasteiger partial charge on any atom is 0.258 e. The topological polar surface area (TPSA) is 72.7 Å². The number of rotatable bonds is 3. The highest BCUT2D eigenvalue weighted by Gasteiger charge is 2.14. The first kappa shape index (κ1) is 12.9. The summed E-state index contributed by atoms with van der Waals surface area (Å²) >= 11 is 0. The van der Waals surface area contributed by atoms with Gasteiger partial charge >= 0.3 is 0 Å². The van der Waals surface area contributed by atoms with Crippen LogP contribution in [0.25, 0.3) is 5.82 Å². The minimum Gasteiger partial charge on any atom is -0.319 e. The summed E-state index contributed by atoms with van der Waals surface area (Å²) in [7, 11) is 0. The van der Waals surface area contributed by atoms with Crippen molar-refractivity contribution in [2.24, 2.45) is 0 Å². The molecule has 2 heterocycles. The van der Waals surface area contributed by atoms with Crippen molar-refractivity contribution in [3.63, 3.8) is 0 Å². The number of benzene rings is 1. The number of hydrogen-bond acceptors (Lipinski definition) is 4. The summed E-state index contributed by atoms with van der Waals surface area (Å²) in [5.41, 5.74) is 0.377. The lowest BCUT2D eigenvalue weighted by molar-refractivity contribution is 0.102. The molecule has 2 aromatic heterocycles. The Morgan fingerprint density at radius 1 is 1.19 bits per heavy atom. The van der Waals surface area contributed by atoms with Crippen LogP contribution in [-0.4, -0.2) is 25.7 Å². The molecule has 3 aromatic rings. The first-order valence-electron chi connectivity index (χ1n) is 6.11. The van der Waals surface area contributed by atoms with E-state index in [-0.39, 0.29) is 5.56 Å². The molecule has 6 nitrogen and oxygen atoms in total. The highest BCUT2D eigenvalue weighted by Crippen LogP contribution is 2.17. The van der Waals surface area contributed by atoms with Gasteiger partial charge in [-0.05, 0) is 24.3 Å². The van der Waals surface area contributed by atoms with Crippen LogP contribution in [0.2, 0.25) is 0 Å². The number of aromatic nitrogens is 4. The number of carbonyl (C=O) groups excluding carboxylic acids is 1. The molecule has 1 aromatic carbocycles. The third-order valence-electron chi connectivity index (χ3n) is 2.79. The maximum atomic E-state index is 13.6. The van der Waals surface area contributed by atoms with E-state index >= 15 is 0 Å². The molecule has 0 spiro atoms. The van der Waals surface area contributed by atoms with Gasteiger partial charge in [-0.2, -0.15) is 5.10 Å². The van der Waals surface area contributed by atoms with Gasteiger partial charge in [-0.1, -0.05) is 12.1 Å². The fourth-order valence-corrected chi connectivity index (χ4v) is 1.83. The Bertz CT molecular complexity index is 773. The van der Waals surface area contributed by atoms with Crippen molar-refractivity contribution in [2.75, 3.05) is 5.32 Å². The van der Waals surface area contributed by atoms with Crippen LogP contribution in [0.4, 0.5) is 10.1 Å². The van der Waals surface area contributed by atoms with Crippen LogP contribution in [0, 0.1) is 5.82 Å². The standard InChI is InChI=1S/C14H10FN5O/c15-11-5-2-1-4-10(11)14(21)19-12-6-3-7-17-13(12)20-9-16-8-18-20/h1-9H,(H,19,21). The molecule has 104 valence electrons. The summed E-state index contributed by atoms with van der Waals surface area (Å²) < 4.78 is 15.0. The van der Waals surface area contributed by atoms with Crippen LogP contribution in [0.1, 0.15) is 10.4 Å². The van der Waals surface area contributed by atoms with Crippen LogP contribution >= 0.6 is 0 Å². The molecule has 0 bridgehead atoms. The smallest absolute Gasteiger partial charge is 0.258 e. The summed E-state index contributed by atoms with van der Waals surface area (Å²) in [6, 6.07) is 9.09. The van der Waals surface area contributed by atoms with E-state index < -0.39 is 11.7 Å². The first-order chi connectivity index (χ1) is 10.3. The van der Waals surface area contributed by atoms with Crippen LogP contribution in [0.5, 0.6) is 0 Å². The Balaban J connectivity index is 1.93. The van der Waals surface area contributed by atoms with Gasteiger partial charge in [0, 0.05) is 6.20 Å². The van der Waals surface area contributed by atoms with E-state index in [1.165, 1.54) is 35.5 Å². The third-order valence-corrected chi connectivity index (χ3v) is 2.79. The Morgan fingerprint density at radius 3 is 2.81 bits per heavy atom. The molecule has 0 fully saturated rings. The van der Waals surface area contributed by atoms with Crippen molar-refractivity contribution in [2.45, 2.75) is 0 Å². The molecular formula is C14H10FN5O. The molecular weight excluding hydrogens is 273 g/mol. The quantitative estimate of drug-likeness (QED) is 0.798. The van der Waals surface area contributed by atoms with Gasteiger partial charge in [0.2, 0.25) is 0 Å². The van der Waals surface area contributed by atoms with Crippen molar-refractivity contribution in [3.05, 3.63) is 66.6 Å². The molecule has 0 aliphatic heterocycles. The number of amides is 1. The van der Waals surface area contributed by atoms with Gasteiger partial charge in [0.1, 0.15) is 18.5 Å². The molecule has 1 amide bonds. The molecule has 0 atom stereocenters. The minimum atomic E-state index is -0.582. The average molecular weight is 283 g/mol. The van der Waals surface area contributed by atoms with Gasteiger partial charge in [-0.25, -0.2) is 19.0 Å². The van der Waals surface area contributed by atoms with Crippen LogP contribution in [-0.2, 0) is 0 Å². The highest BCUT2D eigenvalue weighted by molar-refractivity contribution is 6.05. The Labute approximate surface area is 119 Å². The van der Waals surface area contributed by atoms with Gasteiger partial charge in [0.25, 0.3) is 5.91 Å². The predicted octanol–water partition coefficient (Wildman–Crippen LogP) is 2.05. The summed E-state index contributed by atoms with van der Waals surface area (Å²) in [5.74, 6) is -0.733. The fraction of sp³-hybridized carbons (Fsp3) is 0. The van der Waals surface area contributed by atoms with Gasteiger partial charge in [-0.3, -0.25) is 4.79 Å². The molecule has 0 aliphatic carbocycles. The van der Waals surface area contributed by atoms with E-state index in [2.05, 4.69) is 20.4 Å². The fourth-order valence-electron chi connectivity index (χ4n) is 1.83. The van der Waals surface area contributed by atoms with E-state index in [1.807, 2.05) is 0 Å². The molecule has 0 radical (unpaired) electrons. The van der Waals surface area contributed by atoms with E-state index in [4.69, 9.17) is 0 Å². The summed E-state index contributed by atoms with van der Waals surface area (Å²) in [4.78, 5) is 20.1. The number of pyridine rings is 1. The zero-order valence-electron chi connectivity index (χ0n) is 10.8. The van der Waals surface area contributed by atoms with E-state index in [1.54, 1.807) is 24.4 Å².